The Morgan fingerprint density at radius 2 is 2.21 bits per heavy atom. The molecule has 0 atom stereocenters. The molecule has 0 unspecified atom stereocenters. The van der Waals surface area contributed by atoms with Crippen LogP contribution < -0.4 is 5.32 Å². The molecule has 0 aliphatic heterocycles. The van der Waals surface area contributed by atoms with Crippen LogP contribution in [0.5, 0.6) is 0 Å². The number of carbonyl (C=O) groups excluding carboxylic acids is 1. The standard InChI is InChI=1S/C15H13N7OS/c1-21-4-5-22-15(21)11(7-19-22)13(23)18-6-10-9-24-14(20-10)12-8-16-2-3-17-12/h2-5,7-9H,6H2,1H3,(H,18,23). The van der Waals surface area contributed by atoms with Gasteiger partial charge in [-0.2, -0.15) is 5.10 Å². The fourth-order valence-electron chi connectivity index (χ4n) is 2.39. The highest BCUT2D eigenvalue weighted by Crippen LogP contribution is 2.20. The molecule has 4 aromatic rings. The zero-order chi connectivity index (χ0) is 16.5. The minimum atomic E-state index is -0.180. The van der Waals surface area contributed by atoms with Gasteiger partial charge in [0.05, 0.1) is 24.6 Å². The van der Waals surface area contributed by atoms with Crippen molar-refractivity contribution in [2.45, 2.75) is 6.54 Å². The van der Waals surface area contributed by atoms with Gasteiger partial charge in [0.15, 0.2) is 0 Å². The number of aromatic nitrogens is 6. The topological polar surface area (TPSA) is 90.0 Å². The highest BCUT2D eigenvalue weighted by Gasteiger charge is 2.15. The van der Waals surface area contributed by atoms with E-state index in [1.807, 2.05) is 23.2 Å². The maximum Gasteiger partial charge on any atom is 0.257 e. The number of nitrogens with one attached hydrogen (secondary N) is 1. The van der Waals surface area contributed by atoms with Crippen LogP contribution in [0.15, 0.2) is 42.6 Å². The summed E-state index contributed by atoms with van der Waals surface area (Å²) in [6.45, 7) is 0.345. The van der Waals surface area contributed by atoms with Crippen LogP contribution in [-0.4, -0.2) is 35.0 Å². The number of fused-ring (bicyclic) bond motifs is 1. The van der Waals surface area contributed by atoms with Crippen LogP contribution in [0.2, 0.25) is 0 Å². The molecule has 0 spiro atoms. The summed E-state index contributed by atoms with van der Waals surface area (Å²) in [6, 6.07) is 0. The van der Waals surface area contributed by atoms with Crippen LogP contribution in [0.3, 0.4) is 0 Å². The van der Waals surface area contributed by atoms with Crippen molar-refractivity contribution >= 4 is 22.9 Å². The second-order valence-corrected chi connectivity index (χ2v) is 6.01. The van der Waals surface area contributed by atoms with Crippen LogP contribution in [-0.2, 0) is 13.6 Å². The van der Waals surface area contributed by atoms with E-state index in [9.17, 15) is 4.79 Å². The van der Waals surface area contributed by atoms with Crippen LogP contribution in [0.1, 0.15) is 16.1 Å². The molecule has 0 aromatic carbocycles. The van der Waals surface area contributed by atoms with Crippen molar-refractivity contribution in [3.8, 4) is 10.7 Å². The van der Waals surface area contributed by atoms with Crippen molar-refractivity contribution < 1.29 is 4.79 Å². The summed E-state index contributed by atoms with van der Waals surface area (Å²) in [6.07, 6.45) is 10.1. The largest absolute Gasteiger partial charge is 0.346 e. The zero-order valence-electron chi connectivity index (χ0n) is 12.7. The zero-order valence-corrected chi connectivity index (χ0v) is 13.6. The Balaban J connectivity index is 1.48. The van der Waals surface area contributed by atoms with Crippen molar-refractivity contribution in [1.82, 2.24) is 34.4 Å². The molecule has 24 heavy (non-hydrogen) atoms. The fraction of sp³-hybridized carbons (Fsp3) is 0.133. The Kier molecular flexibility index (Phi) is 3.54. The molecule has 1 amide bonds. The lowest BCUT2D eigenvalue weighted by Crippen LogP contribution is -2.23. The van der Waals surface area contributed by atoms with Gasteiger partial charge in [-0.25, -0.2) is 9.50 Å². The minimum absolute atomic E-state index is 0.180. The SMILES string of the molecule is Cn1ccn2ncc(C(=O)NCc3csc(-c4cnccn4)n3)c12. The quantitative estimate of drug-likeness (QED) is 0.609. The normalized spacial score (nSPS) is 11.0. The average Bonchev–Trinajstić information content (AvgIpc) is 3.32. The predicted octanol–water partition coefficient (Wildman–Crippen LogP) is 1.52. The molecule has 0 saturated heterocycles. The highest BCUT2D eigenvalue weighted by molar-refractivity contribution is 7.13. The summed E-state index contributed by atoms with van der Waals surface area (Å²) in [5.41, 5.74) is 2.80. The molecule has 9 heteroatoms. The summed E-state index contributed by atoms with van der Waals surface area (Å²) >= 11 is 1.47. The molecule has 0 aliphatic carbocycles. The van der Waals surface area contributed by atoms with Crippen LogP contribution in [0.4, 0.5) is 0 Å². The molecule has 0 radical (unpaired) electrons. The van der Waals surface area contributed by atoms with E-state index in [1.165, 1.54) is 11.3 Å². The summed E-state index contributed by atoms with van der Waals surface area (Å²) < 4.78 is 3.53. The number of nitrogens with zero attached hydrogens (tertiary/aromatic N) is 6. The third-order valence-electron chi connectivity index (χ3n) is 3.54. The molecular weight excluding hydrogens is 326 g/mol. The second-order valence-electron chi connectivity index (χ2n) is 5.15. The monoisotopic (exact) mass is 339 g/mol. The second kappa shape index (κ2) is 5.85. The van der Waals surface area contributed by atoms with Crippen molar-refractivity contribution in [2.75, 3.05) is 0 Å². The van der Waals surface area contributed by atoms with Gasteiger partial charge in [0.1, 0.15) is 21.9 Å². The Labute approximate surface area is 140 Å². The first-order valence-corrected chi connectivity index (χ1v) is 8.08. The van der Waals surface area contributed by atoms with Crippen molar-refractivity contribution in [1.29, 1.82) is 0 Å². The lowest BCUT2D eigenvalue weighted by Gasteiger charge is -2.02. The molecule has 0 aliphatic rings. The van der Waals surface area contributed by atoms with Gasteiger partial charge in [-0.1, -0.05) is 0 Å². The van der Waals surface area contributed by atoms with Gasteiger partial charge < -0.3 is 9.88 Å². The van der Waals surface area contributed by atoms with Crippen LogP contribution in [0.25, 0.3) is 16.3 Å². The summed E-state index contributed by atoms with van der Waals surface area (Å²) in [4.78, 5) is 25.1. The van der Waals surface area contributed by atoms with E-state index < -0.39 is 0 Å². The molecule has 4 aromatic heterocycles. The van der Waals surface area contributed by atoms with Crippen LogP contribution >= 0.6 is 11.3 Å². The van der Waals surface area contributed by atoms with Gasteiger partial charge in [-0.15, -0.1) is 11.3 Å². The van der Waals surface area contributed by atoms with E-state index in [-0.39, 0.29) is 5.91 Å². The van der Waals surface area contributed by atoms with E-state index in [4.69, 9.17) is 0 Å². The number of imidazole rings is 1. The average molecular weight is 339 g/mol. The smallest absolute Gasteiger partial charge is 0.257 e. The number of aryl methyl sites for hydroxylation is 1. The van der Waals surface area contributed by atoms with Gasteiger partial charge in [0.2, 0.25) is 0 Å². The molecule has 0 bridgehead atoms. The Morgan fingerprint density at radius 1 is 1.29 bits per heavy atom. The molecule has 4 rings (SSSR count). The van der Waals surface area contributed by atoms with Gasteiger partial charge in [-0.05, 0) is 0 Å². The van der Waals surface area contributed by atoms with Crippen molar-refractivity contribution in [3.63, 3.8) is 0 Å². The van der Waals surface area contributed by atoms with E-state index in [2.05, 4.69) is 25.4 Å². The van der Waals surface area contributed by atoms with Gasteiger partial charge >= 0.3 is 0 Å². The van der Waals surface area contributed by atoms with Gasteiger partial charge in [-0.3, -0.25) is 14.8 Å². The molecular formula is C15H13N7OS. The first-order chi connectivity index (χ1) is 11.7. The minimum Gasteiger partial charge on any atom is -0.346 e. The maximum absolute atomic E-state index is 12.4. The fourth-order valence-corrected chi connectivity index (χ4v) is 3.17. The number of hydrogen-bond donors (Lipinski definition) is 1. The van der Waals surface area contributed by atoms with Gasteiger partial charge in [0.25, 0.3) is 5.91 Å². The number of carbonyl (C=O) groups is 1. The Morgan fingerprint density at radius 3 is 3.04 bits per heavy atom. The number of amides is 1. The van der Waals surface area contributed by atoms with E-state index in [0.29, 0.717) is 12.1 Å². The molecule has 4 heterocycles. The first-order valence-electron chi connectivity index (χ1n) is 7.20. The number of rotatable bonds is 4. The Bertz CT molecular complexity index is 1000. The third kappa shape index (κ3) is 2.54. The lowest BCUT2D eigenvalue weighted by atomic mass is 10.3. The molecule has 120 valence electrons. The molecule has 1 N–H and O–H groups in total. The van der Waals surface area contributed by atoms with E-state index in [1.54, 1.807) is 35.5 Å². The van der Waals surface area contributed by atoms with E-state index >= 15 is 0 Å². The van der Waals surface area contributed by atoms with Crippen LogP contribution in [0, 0.1) is 0 Å². The number of thiazole rings is 1. The van der Waals surface area contributed by atoms with E-state index in [0.717, 1.165) is 22.0 Å². The maximum atomic E-state index is 12.4. The lowest BCUT2D eigenvalue weighted by molar-refractivity contribution is 0.0951. The highest BCUT2D eigenvalue weighted by atomic mass is 32.1. The van der Waals surface area contributed by atoms with Crippen molar-refractivity contribution in [3.05, 3.63) is 53.8 Å². The summed E-state index contributed by atoms with van der Waals surface area (Å²) in [5.74, 6) is -0.180. The number of hydrogen-bond acceptors (Lipinski definition) is 6. The van der Waals surface area contributed by atoms with Gasteiger partial charge in [0, 0.05) is 37.2 Å². The molecule has 8 nitrogen and oxygen atoms in total. The first kappa shape index (κ1) is 14.5. The summed E-state index contributed by atoms with van der Waals surface area (Å²) in [7, 11) is 1.88. The molecule has 0 fully saturated rings. The summed E-state index contributed by atoms with van der Waals surface area (Å²) in [5, 5.41) is 9.73. The molecule has 0 saturated carbocycles. The predicted molar refractivity (Wildman–Crippen MR) is 88.5 cm³/mol. The van der Waals surface area contributed by atoms with Crippen molar-refractivity contribution in [2.24, 2.45) is 7.05 Å². The Hall–Kier alpha value is -3.07. The third-order valence-corrected chi connectivity index (χ3v) is 4.46.